The summed E-state index contributed by atoms with van der Waals surface area (Å²) in [5.74, 6) is -1.34. The Kier molecular flexibility index (Phi) is 6.68. The first-order valence-corrected chi connectivity index (χ1v) is 11.4. The molecule has 0 aliphatic carbocycles. The van der Waals surface area contributed by atoms with Crippen molar-refractivity contribution in [2.45, 2.75) is 43.4 Å². The number of hydrogen-bond donors (Lipinski definition) is 2. The molecule has 0 saturated carbocycles. The lowest BCUT2D eigenvalue weighted by molar-refractivity contribution is -0.137. The Morgan fingerprint density at radius 2 is 1.81 bits per heavy atom. The van der Waals surface area contributed by atoms with Crippen LogP contribution in [0.5, 0.6) is 0 Å². The van der Waals surface area contributed by atoms with Gasteiger partial charge in [-0.3, -0.25) is 4.72 Å². The third kappa shape index (κ3) is 5.14. The summed E-state index contributed by atoms with van der Waals surface area (Å²) in [6, 6.07) is 6.30. The van der Waals surface area contributed by atoms with Gasteiger partial charge in [0.2, 0.25) is 0 Å². The van der Waals surface area contributed by atoms with Crippen molar-refractivity contribution in [3.05, 3.63) is 53.1 Å². The normalized spacial score (nSPS) is 15.6. The topological polar surface area (TPSA) is 86.7 Å². The van der Waals surface area contributed by atoms with Crippen molar-refractivity contribution in [1.29, 1.82) is 0 Å². The van der Waals surface area contributed by atoms with Crippen LogP contribution in [0.15, 0.2) is 41.3 Å². The molecule has 2 aromatic rings. The molecule has 0 amide bonds. The van der Waals surface area contributed by atoms with E-state index in [2.05, 4.69) is 4.72 Å². The zero-order valence-electron chi connectivity index (χ0n) is 17.1. The van der Waals surface area contributed by atoms with Gasteiger partial charge in [-0.1, -0.05) is 13.0 Å². The van der Waals surface area contributed by atoms with E-state index in [-0.39, 0.29) is 54.2 Å². The number of nitrogens with zero attached hydrogens (tertiary/aromatic N) is 1. The summed E-state index contributed by atoms with van der Waals surface area (Å²) in [6.45, 7) is 2.11. The minimum absolute atomic E-state index is 0.174. The van der Waals surface area contributed by atoms with E-state index in [4.69, 9.17) is 0 Å². The number of benzene rings is 2. The largest absolute Gasteiger partial charge is 0.478 e. The third-order valence-electron chi connectivity index (χ3n) is 5.32. The van der Waals surface area contributed by atoms with Crippen LogP contribution < -0.4 is 9.62 Å². The molecule has 0 unspecified atom stereocenters. The summed E-state index contributed by atoms with van der Waals surface area (Å²) in [5, 5.41) is 9.21. The van der Waals surface area contributed by atoms with E-state index < -0.39 is 33.9 Å². The Labute approximate surface area is 182 Å². The zero-order valence-corrected chi connectivity index (χ0v) is 17.9. The SMILES string of the molecule is CCc1ccc(C(=O)O)cc1S(=O)(=O)Nc1cc(C(F)(F)F)ccc1N1CCC(F)CC1. The minimum atomic E-state index is -4.71. The number of hydrogen-bond acceptors (Lipinski definition) is 4. The van der Waals surface area contributed by atoms with Gasteiger partial charge < -0.3 is 10.0 Å². The number of piperidine rings is 1. The van der Waals surface area contributed by atoms with E-state index in [0.29, 0.717) is 11.6 Å². The fraction of sp³-hybridized carbons (Fsp3) is 0.381. The Balaban J connectivity index is 2.08. The number of carbonyl (C=O) groups is 1. The Bertz CT molecular complexity index is 1110. The Morgan fingerprint density at radius 1 is 1.16 bits per heavy atom. The lowest BCUT2D eigenvalue weighted by Gasteiger charge is -2.32. The molecule has 1 saturated heterocycles. The number of aromatic carboxylic acids is 1. The highest BCUT2D eigenvalue weighted by Gasteiger charge is 2.33. The second-order valence-electron chi connectivity index (χ2n) is 7.48. The van der Waals surface area contributed by atoms with Gasteiger partial charge in [0.25, 0.3) is 10.0 Å². The molecule has 0 bridgehead atoms. The number of rotatable bonds is 6. The lowest BCUT2D eigenvalue weighted by atomic mass is 10.1. The van der Waals surface area contributed by atoms with Crippen LogP contribution in [0.4, 0.5) is 28.9 Å². The highest BCUT2D eigenvalue weighted by molar-refractivity contribution is 7.92. The number of sulfonamides is 1. The summed E-state index contributed by atoms with van der Waals surface area (Å²) >= 11 is 0. The molecule has 3 rings (SSSR count). The molecule has 11 heteroatoms. The van der Waals surface area contributed by atoms with Gasteiger partial charge in [0.15, 0.2) is 0 Å². The second-order valence-corrected chi connectivity index (χ2v) is 9.13. The number of alkyl halides is 4. The Hall–Kier alpha value is -2.82. The first kappa shape index (κ1) is 23.8. The highest BCUT2D eigenvalue weighted by Crippen LogP contribution is 2.37. The van der Waals surface area contributed by atoms with Crippen molar-refractivity contribution in [2.75, 3.05) is 22.7 Å². The smallest absolute Gasteiger partial charge is 0.416 e. The number of halogens is 4. The second kappa shape index (κ2) is 8.97. The summed E-state index contributed by atoms with van der Waals surface area (Å²) in [5.41, 5.74) is -1.11. The maximum Gasteiger partial charge on any atom is 0.416 e. The quantitative estimate of drug-likeness (QED) is 0.593. The van der Waals surface area contributed by atoms with Crippen molar-refractivity contribution >= 4 is 27.4 Å². The molecule has 0 radical (unpaired) electrons. The predicted octanol–water partition coefficient (Wildman–Crippen LogP) is 4.71. The molecule has 2 N–H and O–H groups in total. The van der Waals surface area contributed by atoms with Gasteiger partial charge in [0.1, 0.15) is 6.17 Å². The predicted molar refractivity (Wildman–Crippen MR) is 111 cm³/mol. The summed E-state index contributed by atoms with van der Waals surface area (Å²) in [4.78, 5) is 12.6. The molecule has 32 heavy (non-hydrogen) atoms. The molecular weight excluding hydrogens is 452 g/mol. The van der Waals surface area contributed by atoms with Gasteiger partial charge in [-0.2, -0.15) is 13.2 Å². The first-order valence-electron chi connectivity index (χ1n) is 9.91. The van der Waals surface area contributed by atoms with Crippen molar-refractivity contribution in [2.24, 2.45) is 0 Å². The van der Waals surface area contributed by atoms with E-state index in [9.17, 15) is 35.9 Å². The maximum atomic E-state index is 13.5. The average molecular weight is 474 g/mol. The van der Waals surface area contributed by atoms with Crippen molar-refractivity contribution in [3.8, 4) is 0 Å². The molecule has 1 aliphatic rings. The number of aryl methyl sites for hydroxylation is 1. The van der Waals surface area contributed by atoms with Crippen LogP contribution in [0.1, 0.15) is 41.3 Å². The molecule has 2 aromatic carbocycles. The number of carboxylic acids is 1. The zero-order chi connectivity index (χ0) is 23.7. The first-order chi connectivity index (χ1) is 14.9. The molecule has 1 fully saturated rings. The van der Waals surface area contributed by atoms with Crippen LogP contribution >= 0.6 is 0 Å². The van der Waals surface area contributed by atoms with Crippen LogP contribution in [-0.4, -0.2) is 38.8 Å². The summed E-state index contributed by atoms with van der Waals surface area (Å²) < 4.78 is 81.9. The Morgan fingerprint density at radius 3 is 2.38 bits per heavy atom. The number of nitrogens with one attached hydrogen (secondary N) is 1. The molecule has 1 heterocycles. The van der Waals surface area contributed by atoms with E-state index in [1.807, 2.05) is 0 Å². The van der Waals surface area contributed by atoms with Crippen molar-refractivity contribution < 1.29 is 35.9 Å². The molecular formula is C21H22F4N2O4S. The molecule has 0 atom stereocenters. The monoisotopic (exact) mass is 474 g/mol. The molecule has 1 aliphatic heterocycles. The summed E-state index contributed by atoms with van der Waals surface area (Å²) in [7, 11) is -4.43. The minimum Gasteiger partial charge on any atom is -0.478 e. The van der Waals surface area contributed by atoms with E-state index in [1.54, 1.807) is 11.8 Å². The average Bonchev–Trinajstić information content (AvgIpc) is 2.73. The summed E-state index contributed by atoms with van der Waals surface area (Å²) in [6.07, 6.45) is -5.12. The lowest BCUT2D eigenvalue weighted by Crippen LogP contribution is -2.35. The van der Waals surface area contributed by atoms with Crippen LogP contribution in [0, 0.1) is 0 Å². The highest BCUT2D eigenvalue weighted by atomic mass is 32.2. The third-order valence-corrected chi connectivity index (χ3v) is 6.77. The molecule has 0 spiro atoms. The van der Waals surface area contributed by atoms with E-state index >= 15 is 0 Å². The van der Waals surface area contributed by atoms with Gasteiger partial charge in [-0.15, -0.1) is 0 Å². The molecule has 0 aromatic heterocycles. The van der Waals surface area contributed by atoms with Crippen LogP contribution in [0.25, 0.3) is 0 Å². The molecule has 6 nitrogen and oxygen atoms in total. The van der Waals surface area contributed by atoms with Gasteiger partial charge in [-0.05, 0) is 55.2 Å². The van der Waals surface area contributed by atoms with Gasteiger partial charge >= 0.3 is 12.1 Å². The number of anilines is 2. The van der Waals surface area contributed by atoms with Gasteiger partial charge in [-0.25, -0.2) is 17.6 Å². The fourth-order valence-corrected chi connectivity index (χ4v) is 4.99. The van der Waals surface area contributed by atoms with E-state index in [1.165, 1.54) is 12.1 Å². The standard InChI is InChI=1S/C21H22F4N2O4S/c1-2-13-3-4-14(20(28)29)11-19(13)32(30,31)26-17-12-15(21(23,24)25)5-6-18(17)27-9-7-16(22)8-10-27/h3-6,11-12,16,26H,2,7-10H2,1H3,(H,28,29). The number of carboxylic acid groups (broad SMARTS) is 1. The fourth-order valence-electron chi connectivity index (χ4n) is 3.59. The van der Waals surface area contributed by atoms with Gasteiger partial charge in [0.05, 0.1) is 27.4 Å². The van der Waals surface area contributed by atoms with Crippen LogP contribution in [0.2, 0.25) is 0 Å². The van der Waals surface area contributed by atoms with Crippen LogP contribution in [-0.2, 0) is 22.6 Å². The molecule has 174 valence electrons. The van der Waals surface area contributed by atoms with Crippen LogP contribution in [0.3, 0.4) is 0 Å². The van der Waals surface area contributed by atoms with Crippen molar-refractivity contribution in [3.63, 3.8) is 0 Å². The van der Waals surface area contributed by atoms with Crippen molar-refractivity contribution in [1.82, 2.24) is 0 Å². The maximum absolute atomic E-state index is 13.5. The van der Waals surface area contributed by atoms with E-state index in [0.717, 1.165) is 18.2 Å². The van der Waals surface area contributed by atoms with Gasteiger partial charge in [0, 0.05) is 13.1 Å².